The van der Waals surface area contributed by atoms with Gasteiger partial charge in [-0.2, -0.15) is 5.10 Å². The van der Waals surface area contributed by atoms with E-state index in [0.717, 1.165) is 16.8 Å². The third kappa shape index (κ3) is 4.18. The average molecular weight is 415 g/mol. The van der Waals surface area contributed by atoms with Crippen LogP contribution in [-0.2, 0) is 6.50 Å². The minimum Gasteiger partial charge on any atom is -0.387 e. The van der Waals surface area contributed by atoms with Crippen molar-refractivity contribution in [2.24, 2.45) is 0 Å². The van der Waals surface area contributed by atoms with Gasteiger partial charge in [0.05, 0.1) is 16.1 Å². The van der Waals surface area contributed by atoms with E-state index in [0.29, 0.717) is 21.2 Å². The summed E-state index contributed by atoms with van der Waals surface area (Å²) in [5.41, 5.74) is 3.48. The van der Waals surface area contributed by atoms with Gasteiger partial charge in [0.1, 0.15) is 6.33 Å². The van der Waals surface area contributed by atoms with Crippen LogP contribution in [0.15, 0.2) is 67.1 Å². The second kappa shape index (κ2) is 8.29. The Kier molecular flexibility index (Phi) is 4.89. The zero-order valence-corrected chi connectivity index (χ0v) is 16.2. The quantitative estimate of drug-likeness (QED) is 0.486. The lowest BCUT2D eigenvalue weighted by Gasteiger charge is -2.13. The van der Waals surface area contributed by atoms with Crippen LogP contribution >= 0.6 is 23.2 Å². The third-order valence-electron chi connectivity index (χ3n) is 4.33. The van der Waals surface area contributed by atoms with Gasteiger partial charge in [-0.25, -0.2) is 9.50 Å². The monoisotopic (exact) mass is 414 g/mol. The number of aliphatic hydroxyl groups excluding tert-OH is 1. The van der Waals surface area contributed by atoms with Crippen molar-refractivity contribution in [3.8, 4) is 11.1 Å². The number of aromatic nitrogens is 3. The number of pyridine rings is 1. The van der Waals surface area contributed by atoms with Crippen LogP contribution in [0.5, 0.6) is 0 Å². The lowest BCUT2D eigenvalue weighted by Crippen LogP contribution is -2.21. The summed E-state index contributed by atoms with van der Waals surface area (Å²) in [6.07, 6.45) is 2.39. The van der Waals surface area contributed by atoms with E-state index in [4.69, 9.17) is 25.9 Å². The Bertz CT molecular complexity index is 1200. The van der Waals surface area contributed by atoms with Gasteiger partial charge in [0.2, 0.25) is 0 Å². The predicted octanol–water partition coefficient (Wildman–Crippen LogP) is 4.53. The number of benzene rings is 2. The van der Waals surface area contributed by atoms with Gasteiger partial charge in [-0.05, 0) is 47.0 Å². The summed E-state index contributed by atoms with van der Waals surface area (Å²) in [4.78, 5) is 4.13. The molecule has 0 saturated heterocycles. The molecule has 1 unspecified atom stereocenters. The van der Waals surface area contributed by atoms with Crippen molar-refractivity contribution in [3.05, 3.63) is 88.3 Å². The molecular formula is C21H18Cl2N4O. The van der Waals surface area contributed by atoms with Crippen molar-refractivity contribution in [2.45, 2.75) is 12.6 Å². The SMILES string of the molecule is [2H]C([2H])(NCC(O)c1ccc(Cl)c(Cl)c1)c1cccc(-c2ccc3ncnn3c2)c1. The molecule has 2 heterocycles. The summed E-state index contributed by atoms with van der Waals surface area (Å²) < 4.78 is 18.5. The molecule has 28 heavy (non-hydrogen) atoms. The first-order valence-corrected chi connectivity index (χ1v) is 9.37. The van der Waals surface area contributed by atoms with Gasteiger partial charge >= 0.3 is 0 Å². The molecule has 2 N–H and O–H groups in total. The van der Waals surface area contributed by atoms with E-state index < -0.39 is 12.6 Å². The number of nitrogens with one attached hydrogen (secondary N) is 1. The minimum atomic E-state index is -1.86. The lowest BCUT2D eigenvalue weighted by molar-refractivity contribution is 0.174. The number of rotatable bonds is 6. The number of hydrogen-bond donors (Lipinski definition) is 2. The summed E-state index contributed by atoms with van der Waals surface area (Å²) in [5, 5.41) is 18.1. The zero-order chi connectivity index (χ0) is 21.3. The Balaban J connectivity index is 1.52. The van der Waals surface area contributed by atoms with Crippen LogP contribution in [0, 0.1) is 0 Å². The van der Waals surface area contributed by atoms with Crippen LogP contribution in [0.25, 0.3) is 16.8 Å². The van der Waals surface area contributed by atoms with Gasteiger partial charge in [-0.1, -0.05) is 47.5 Å². The van der Waals surface area contributed by atoms with E-state index in [9.17, 15) is 5.11 Å². The van der Waals surface area contributed by atoms with Crippen LogP contribution < -0.4 is 5.32 Å². The van der Waals surface area contributed by atoms with E-state index in [-0.39, 0.29) is 6.54 Å². The lowest BCUT2D eigenvalue weighted by atomic mass is 10.0. The number of halogens is 2. The summed E-state index contributed by atoms with van der Waals surface area (Å²) in [6.45, 7) is -1.86. The van der Waals surface area contributed by atoms with Gasteiger partial charge in [0, 0.05) is 27.5 Å². The Labute approximate surface area is 175 Å². The first-order chi connectivity index (χ1) is 14.3. The van der Waals surface area contributed by atoms with E-state index in [1.165, 1.54) is 6.33 Å². The van der Waals surface area contributed by atoms with Crippen molar-refractivity contribution in [3.63, 3.8) is 0 Å². The molecule has 0 radical (unpaired) electrons. The molecule has 5 nitrogen and oxygen atoms in total. The molecule has 2 aromatic carbocycles. The minimum absolute atomic E-state index is 0.000104. The highest BCUT2D eigenvalue weighted by atomic mass is 35.5. The summed E-state index contributed by atoms with van der Waals surface area (Å²) in [6, 6.07) is 15.8. The molecule has 0 aliphatic carbocycles. The molecule has 142 valence electrons. The molecule has 0 amide bonds. The molecule has 4 aromatic rings. The summed E-state index contributed by atoms with van der Waals surface area (Å²) >= 11 is 11.9. The molecule has 1 atom stereocenters. The number of fused-ring (bicyclic) bond motifs is 1. The molecule has 0 spiro atoms. The Morgan fingerprint density at radius 3 is 2.82 bits per heavy atom. The summed E-state index contributed by atoms with van der Waals surface area (Å²) in [5.74, 6) is 0. The van der Waals surface area contributed by atoms with Crippen LogP contribution in [0.4, 0.5) is 0 Å². The van der Waals surface area contributed by atoms with Gasteiger partial charge in [-0.15, -0.1) is 0 Å². The first kappa shape index (κ1) is 16.5. The van der Waals surface area contributed by atoms with Crippen LogP contribution in [0.3, 0.4) is 0 Å². The Hall–Kier alpha value is -2.44. The van der Waals surface area contributed by atoms with Crippen LogP contribution in [0.2, 0.25) is 10.0 Å². The van der Waals surface area contributed by atoms with E-state index >= 15 is 0 Å². The normalized spacial score (nSPS) is 14.0. The Morgan fingerprint density at radius 1 is 1.07 bits per heavy atom. The summed E-state index contributed by atoms with van der Waals surface area (Å²) in [7, 11) is 0. The maximum atomic E-state index is 10.4. The molecule has 0 fully saturated rings. The van der Waals surface area contributed by atoms with Crippen molar-refractivity contribution < 1.29 is 7.85 Å². The molecule has 0 aliphatic rings. The fraction of sp³-hybridized carbons (Fsp3) is 0.143. The van der Waals surface area contributed by atoms with Crippen molar-refractivity contribution in [1.82, 2.24) is 19.9 Å². The van der Waals surface area contributed by atoms with Gasteiger partial charge in [0.15, 0.2) is 5.65 Å². The highest BCUT2D eigenvalue weighted by Crippen LogP contribution is 2.25. The van der Waals surface area contributed by atoms with Gasteiger partial charge in [-0.3, -0.25) is 0 Å². The van der Waals surface area contributed by atoms with E-state index in [1.807, 2.05) is 24.4 Å². The van der Waals surface area contributed by atoms with E-state index in [1.54, 1.807) is 40.9 Å². The largest absolute Gasteiger partial charge is 0.387 e. The molecular weight excluding hydrogens is 395 g/mol. The van der Waals surface area contributed by atoms with Crippen molar-refractivity contribution in [2.75, 3.05) is 6.54 Å². The van der Waals surface area contributed by atoms with Gasteiger partial charge in [0.25, 0.3) is 0 Å². The predicted molar refractivity (Wildman–Crippen MR) is 112 cm³/mol. The maximum Gasteiger partial charge on any atom is 0.155 e. The topological polar surface area (TPSA) is 62.5 Å². The Morgan fingerprint density at radius 2 is 1.96 bits per heavy atom. The number of hydrogen-bond acceptors (Lipinski definition) is 4. The zero-order valence-electron chi connectivity index (χ0n) is 16.7. The molecule has 2 aromatic heterocycles. The van der Waals surface area contributed by atoms with Crippen LogP contribution in [0.1, 0.15) is 20.0 Å². The third-order valence-corrected chi connectivity index (χ3v) is 5.07. The van der Waals surface area contributed by atoms with Crippen LogP contribution in [-0.4, -0.2) is 26.2 Å². The molecule has 0 bridgehead atoms. The molecule has 0 aliphatic heterocycles. The highest BCUT2D eigenvalue weighted by molar-refractivity contribution is 6.42. The smallest absolute Gasteiger partial charge is 0.155 e. The second-order valence-electron chi connectivity index (χ2n) is 6.26. The second-order valence-corrected chi connectivity index (χ2v) is 7.07. The fourth-order valence-corrected chi connectivity index (χ4v) is 3.16. The average Bonchev–Trinajstić information content (AvgIpc) is 3.22. The first-order valence-electron chi connectivity index (χ1n) is 9.62. The standard InChI is InChI=1S/C21H18Cl2N4O/c22-18-6-4-16(9-19(18)23)20(28)11-24-10-14-2-1-3-15(8-14)17-5-7-21-25-13-26-27(21)12-17/h1-9,12-13,20,24,28H,10-11H2/i10D2. The highest BCUT2D eigenvalue weighted by Gasteiger charge is 2.09. The van der Waals surface area contributed by atoms with E-state index in [2.05, 4.69) is 15.4 Å². The fourth-order valence-electron chi connectivity index (χ4n) is 2.85. The number of nitrogens with zero attached hydrogens (tertiary/aromatic N) is 3. The molecule has 4 rings (SSSR count). The maximum absolute atomic E-state index is 10.4. The van der Waals surface area contributed by atoms with Crippen molar-refractivity contribution >= 4 is 28.8 Å². The molecule has 0 saturated carbocycles. The number of aliphatic hydroxyl groups is 1. The van der Waals surface area contributed by atoms with Crippen molar-refractivity contribution in [1.29, 1.82) is 0 Å². The molecule has 7 heteroatoms. The van der Waals surface area contributed by atoms with Gasteiger partial charge < -0.3 is 10.4 Å².